The molecule has 0 bridgehead atoms. The van der Waals surface area contributed by atoms with Gasteiger partial charge in [-0.05, 0) is 74.2 Å². The van der Waals surface area contributed by atoms with Gasteiger partial charge < -0.3 is 35.9 Å². The molecule has 7 heteroatoms. The normalized spacial score (nSPS) is 9.41. The first-order chi connectivity index (χ1) is 12.3. The van der Waals surface area contributed by atoms with Crippen molar-refractivity contribution in [2.75, 3.05) is 22.1 Å². The minimum Gasteiger partial charge on any atom is -0.783 e. The van der Waals surface area contributed by atoms with Crippen LogP contribution in [-0.2, 0) is 51.9 Å². The standard InChI is InChI=1S/2C10H13NOS.Mn/c2*1-7-3-4-9(5-8(7)2)11-10(12)6-13;/h2*3-5,13H,6H2,1-2H3,(H,11,12);/q;;+2/p-2. The summed E-state index contributed by atoms with van der Waals surface area (Å²) < 4.78 is 0. The van der Waals surface area contributed by atoms with E-state index in [0.717, 1.165) is 11.4 Å². The van der Waals surface area contributed by atoms with Gasteiger partial charge >= 0.3 is 17.1 Å². The zero-order chi connectivity index (χ0) is 19.7. The van der Waals surface area contributed by atoms with Crippen LogP contribution in [0.3, 0.4) is 0 Å². The van der Waals surface area contributed by atoms with Crippen molar-refractivity contribution in [2.45, 2.75) is 27.7 Å². The van der Waals surface area contributed by atoms with Crippen LogP contribution < -0.4 is 10.6 Å². The van der Waals surface area contributed by atoms with Crippen molar-refractivity contribution < 1.29 is 26.7 Å². The maximum Gasteiger partial charge on any atom is 2.00 e. The summed E-state index contributed by atoms with van der Waals surface area (Å²) in [6, 6.07) is 11.6. The monoisotopic (exact) mass is 443 g/mol. The summed E-state index contributed by atoms with van der Waals surface area (Å²) in [7, 11) is 0. The molecule has 0 saturated heterocycles. The summed E-state index contributed by atoms with van der Waals surface area (Å²) in [5.41, 5.74) is 6.41. The molecule has 0 saturated carbocycles. The fourth-order valence-electron chi connectivity index (χ4n) is 2.03. The van der Waals surface area contributed by atoms with Crippen molar-refractivity contribution in [2.24, 2.45) is 0 Å². The first-order valence-corrected chi connectivity index (χ1v) is 9.32. The number of rotatable bonds is 4. The Hall–Kier alpha value is -1.40. The molecule has 0 heterocycles. The number of benzene rings is 2. The second-order valence-corrected chi connectivity index (χ2v) is 6.56. The molecule has 0 spiro atoms. The van der Waals surface area contributed by atoms with E-state index in [0.29, 0.717) is 0 Å². The summed E-state index contributed by atoms with van der Waals surface area (Å²) in [5.74, 6) is -0.0451. The van der Waals surface area contributed by atoms with Crippen LogP contribution in [0.4, 0.5) is 11.4 Å². The van der Waals surface area contributed by atoms with Crippen LogP contribution in [0.25, 0.3) is 0 Å². The molecule has 2 aromatic rings. The van der Waals surface area contributed by atoms with Gasteiger partial charge in [0.05, 0.1) is 0 Å². The van der Waals surface area contributed by atoms with Gasteiger partial charge in [-0.25, -0.2) is 0 Å². The molecule has 0 aliphatic heterocycles. The van der Waals surface area contributed by atoms with Crippen molar-refractivity contribution in [3.8, 4) is 0 Å². The molecule has 0 atom stereocenters. The fraction of sp³-hybridized carbons (Fsp3) is 0.300. The third-order valence-electron chi connectivity index (χ3n) is 3.84. The zero-order valence-corrected chi connectivity index (χ0v) is 18.7. The van der Waals surface area contributed by atoms with Crippen LogP contribution in [0.2, 0.25) is 0 Å². The fourth-order valence-corrected chi connectivity index (χ4v) is 2.18. The maximum absolute atomic E-state index is 11.0. The SMILES string of the molecule is Cc1ccc(NC(=O)C[S-])cc1C.Cc1ccc(NC(=O)C[S-])cc1C.[Mn+2]. The quantitative estimate of drug-likeness (QED) is 0.560. The van der Waals surface area contributed by atoms with E-state index in [-0.39, 0.29) is 40.4 Å². The van der Waals surface area contributed by atoms with Gasteiger partial charge in [0.1, 0.15) is 0 Å². The van der Waals surface area contributed by atoms with Crippen LogP contribution in [0.15, 0.2) is 36.4 Å². The van der Waals surface area contributed by atoms with Crippen LogP contribution in [0.1, 0.15) is 22.3 Å². The maximum atomic E-state index is 11.0. The van der Waals surface area contributed by atoms with E-state index < -0.39 is 0 Å². The molecule has 0 aliphatic rings. The molecule has 1 radical (unpaired) electrons. The Morgan fingerprint density at radius 3 is 1.30 bits per heavy atom. The number of nitrogens with one attached hydrogen (secondary N) is 2. The molecule has 0 unspecified atom stereocenters. The number of carbonyl (C=O) groups is 2. The van der Waals surface area contributed by atoms with E-state index in [1.807, 2.05) is 64.1 Å². The Morgan fingerprint density at radius 2 is 1.04 bits per heavy atom. The van der Waals surface area contributed by atoms with E-state index in [9.17, 15) is 9.59 Å². The summed E-state index contributed by atoms with van der Waals surface area (Å²) in [4.78, 5) is 21.9. The van der Waals surface area contributed by atoms with Gasteiger partial charge in [0.15, 0.2) is 11.8 Å². The minimum absolute atomic E-state index is 0. The summed E-state index contributed by atoms with van der Waals surface area (Å²) >= 11 is 9.24. The number of anilines is 2. The Balaban J connectivity index is 0.000000483. The van der Waals surface area contributed by atoms with Gasteiger partial charge in [0.2, 0.25) is 0 Å². The van der Waals surface area contributed by atoms with Gasteiger partial charge in [-0.15, -0.1) is 0 Å². The number of hydrogen-bond acceptors (Lipinski definition) is 4. The molecule has 0 aliphatic carbocycles. The largest absolute Gasteiger partial charge is 2.00 e. The topological polar surface area (TPSA) is 58.2 Å². The average Bonchev–Trinajstić information content (AvgIpc) is 2.61. The van der Waals surface area contributed by atoms with E-state index in [1.165, 1.54) is 22.3 Å². The van der Waals surface area contributed by atoms with Crippen molar-refractivity contribution in [3.05, 3.63) is 58.7 Å². The molecule has 2 aromatic carbocycles. The number of hydrogen-bond donors (Lipinski definition) is 2. The average molecular weight is 443 g/mol. The van der Waals surface area contributed by atoms with Crippen LogP contribution in [-0.4, -0.2) is 23.3 Å². The zero-order valence-electron chi connectivity index (χ0n) is 15.9. The number of aryl methyl sites for hydroxylation is 4. The molecule has 0 fully saturated rings. The Kier molecular flexibility index (Phi) is 12.2. The molecular formula is C20H24MnN2O2S2. The van der Waals surface area contributed by atoms with Crippen molar-refractivity contribution >= 4 is 48.4 Å². The van der Waals surface area contributed by atoms with Gasteiger partial charge in [-0.3, -0.25) is 9.59 Å². The number of carbonyl (C=O) groups excluding carboxylic acids is 2. The molecule has 145 valence electrons. The molecule has 2 amide bonds. The van der Waals surface area contributed by atoms with Gasteiger partial charge in [0.25, 0.3) is 0 Å². The molecule has 27 heavy (non-hydrogen) atoms. The Morgan fingerprint density at radius 1 is 0.704 bits per heavy atom. The minimum atomic E-state index is -0.127. The van der Waals surface area contributed by atoms with Crippen LogP contribution in [0, 0.1) is 27.7 Å². The summed E-state index contributed by atoms with van der Waals surface area (Å²) in [6.45, 7) is 8.10. The predicted octanol–water partition coefficient (Wildman–Crippen LogP) is 3.58. The summed E-state index contributed by atoms with van der Waals surface area (Å²) in [5, 5.41) is 5.43. The second kappa shape index (κ2) is 12.9. The Bertz CT molecular complexity index is 717. The smallest absolute Gasteiger partial charge is 0.783 e. The molecular weight excluding hydrogens is 419 g/mol. The van der Waals surface area contributed by atoms with Crippen molar-refractivity contribution in [3.63, 3.8) is 0 Å². The van der Waals surface area contributed by atoms with Crippen molar-refractivity contribution in [1.29, 1.82) is 0 Å². The first-order valence-electron chi connectivity index (χ1n) is 8.17. The van der Waals surface area contributed by atoms with E-state index in [4.69, 9.17) is 0 Å². The van der Waals surface area contributed by atoms with Crippen LogP contribution >= 0.6 is 0 Å². The molecule has 0 aromatic heterocycles. The van der Waals surface area contributed by atoms with E-state index in [1.54, 1.807) is 0 Å². The third kappa shape index (κ3) is 9.38. The van der Waals surface area contributed by atoms with Gasteiger partial charge in [-0.2, -0.15) is 0 Å². The first kappa shape index (κ1) is 25.6. The number of amides is 2. The van der Waals surface area contributed by atoms with E-state index in [2.05, 4.69) is 35.9 Å². The third-order valence-corrected chi connectivity index (χ3v) is 4.37. The van der Waals surface area contributed by atoms with Crippen LogP contribution in [0.5, 0.6) is 0 Å². The summed E-state index contributed by atoms with van der Waals surface area (Å²) in [6.07, 6.45) is 0. The molecule has 2 N–H and O–H groups in total. The van der Waals surface area contributed by atoms with Gasteiger partial charge in [-0.1, -0.05) is 23.6 Å². The molecule has 2 rings (SSSR count). The van der Waals surface area contributed by atoms with Crippen molar-refractivity contribution in [1.82, 2.24) is 0 Å². The second-order valence-electron chi connectivity index (χ2n) is 5.98. The predicted molar refractivity (Wildman–Crippen MR) is 114 cm³/mol. The molecule has 4 nitrogen and oxygen atoms in total. The van der Waals surface area contributed by atoms with Gasteiger partial charge in [0, 0.05) is 11.4 Å². The Labute approximate surface area is 183 Å². The van der Waals surface area contributed by atoms with E-state index >= 15 is 0 Å².